The summed E-state index contributed by atoms with van der Waals surface area (Å²) in [6, 6.07) is 9.33. The van der Waals surface area contributed by atoms with Crippen molar-refractivity contribution in [2.45, 2.75) is 0 Å². The second kappa shape index (κ2) is 6.20. The molecule has 0 fully saturated rings. The van der Waals surface area contributed by atoms with Gasteiger partial charge in [-0.15, -0.1) is 0 Å². The van der Waals surface area contributed by atoms with E-state index in [4.69, 9.17) is 0 Å². The topological polar surface area (TPSA) is 43.4 Å². The molecule has 80 valence electrons. The van der Waals surface area contributed by atoms with Gasteiger partial charge in [-0.05, 0) is 18.2 Å². The predicted molar refractivity (Wildman–Crippen MR) is 59.5 cm³/mol. The minimum Gasteiger partial charge on any atom is -0.463 e. The summed E-state index contributed by atoms with van der Waals surface area (Å²) in [6.45, 7) is 0. The van der Waals surface area contributed by atoms with Gasteiger partial charge >= 0.3 is 5.97 Å². The number of ketones is 1. The van der Waals surface area contributed by atoms with Crippen molar-refractivity contribution in [3.63, 3.8) is 0 Å². The summed E-state index contributed by atoms with van der Waals surface area (Å²) in [5.74, 6) is 3.86. The Bertz CT molecular complexity index is 461. The maximum Gasteiger partial charge on any atom is 0.378 e. The van der Waals surface area contributed by atoms with Crippen LogP contribution in [0.15, 0.2) is 42.5 Å². The van der Waals surface area contributed by atoms with Crippen LogP contribution in [0.3, 0.4) is 0 Å². The van der Waals surface area contributed by atoms with Crippen LogP contribution in [0.25, 0.3) is 0 Å². The smallest absolute Gasteiger partial charge is 0.378 e. The van der Waals surface area contributed by atoms with Gasteiger partial charge in [0.15, 0.2) is 0 Å². The number of methoxy groups -OCH3 is 1. The molecule has 0 N–H and O–H groups in total. The second-order valence-corrected chi connectivity index (χ2v) is 2.82. The van der Waals surface area contributed by atoms with Crippen molar-refractivity contribution in [3.05, 3.63) is 48.0 Å². The lowest BCUT2D eigenvalue weighted by Crippen LogP contribution is -2.11. The summed E-state index contributed by atoms with van der Waals surface area (Å²) in [5.41, 5.74) is 0.845. The lowest BCUT2D eigenvalue weighted by atomic mass is 10.2. The third-order valence-electron chi connectivity index (χ3n) is 1.69. The van der Waals surface area contributed by atoms with E-state index in [9.17, 15) is 9.59 Å². The largest absolute Gasteiger partial charge is 0.463 e. The Morgan fingerprint density at radius 3 is 2.56 bits per heavy atom. The van der Waals surface area contributed by atoms with Crippen molar-refractivity contribution < 1.29 is 14.3 Å². The van der Waals surface area contributed by atoms with E-state index in [0.29, 0.717) is 0 Å². The summed E-state index contributed by atoms with van der Waals surface area (Å²) < 4.78 is 4.24. The molecule has 0 aliphatic heterocycles. The number of hydrogen-bond donors (Lipinski definition) is 0. The Hall–Kier alpha value is -2.34. The van der Waals surface area contributed by atoms with Crippen molar-refractivity contribution in [3.8, 4) is 11.8 Å². The molecule has 3 heteroatoms. The lowest BCUT2D eigenvalue weighted by Gasteiger charge is -1.89. The second-order valence-electron chi connectivity index (χ2n) is 2.82. The normalized spacial score (nSPS) is 9.31. The molecule has 0 bridgehead atoms. The van der Waals surface area contributed by atoms with Gasteiger partial charge in [0.25, 0.3) is 5.78 Å². The van der Waals surface area contributed by atoms with E-state index in [1.54, 1.807) is 0 Å². The molecule has 1 rings (SSSR count). The molecule has 0 saturated carbocycles. The molecular weight excluding hydrogens is 204 g/mol. The quantitative estimate of drug-likeness (QED) is 0.323. The van der Waals surface area contributed by atoms with Gasteiger partial charge in [-0.1, -0.05) is 30.0 Å². The summed E-state index contributed by atoms with van der Waals surface area (Å²) in [5, 5.41) is 0. The monoisotopic (exact) mass is 214 g/mol. The Balaban J connectivity index is 2.59. The molecule has 1 aromatic carbocycles. The summed E-state index contributed by atoms with van der Waals surface area (Å²) in [4.78, 5) is 21.7. The molecule has 0 heterocycles. The van der Waals surface area contributed by atoms with Crippen molar-refractivity contribution in [2.75, 3.05) is 7.11 Å². The van der Waals surface area contributed by atoms with E-state index in [2.05, 4.69) is 16.6 Å². The molecule has 1 aromatic rings. The Labute approximate surface area is 93.7 Å². The third-order valence-corrected chi connectivity index (χ3v) is 1.69. The summed E-state index contributed by atoms with van der Waals surface area (Å²) in [7, 11) is 1.16. The third kappa shape index (κ3) is 3.81. The molecule has 0 unspecified atom stereocenters. The van der Waals surface area contributed by atoms with Crippen LogP contribution in [0.4, 0.5) is 0 Å². The van der Waals surface area contributed by atoms with Gasteiger partial charge in [0.1, 0.15) is 0 Å². The van der Waals surface area contributed by atoms with Crippen LogP contribution in [0, 0.1) is 11.8 Å². The highest BCUT2D eigenvalue weighted by Crippen LogP contribution is 1.94. The number of ether oxygens (including phenoxy) is 1. The molecule has 0 aliphatic rings. The Morgan fingerprint density at radius 1 is 1.25 bits per heavy atom. The minimum absolute atomic E-state index is 0.718. The van der Waals surface area contributed by atoms with Gasteiger partial charge in [0, 0.05) is 11.6 Å². The number of rotatable bonds is 2. The summed E-state index contributed by atoms with van der Waals surface area (Å²) in [6.07, 6.45) is 2.41. The van der Waals surface area contributed by atoms with E-state index < -0.39 is 11.8 Å². The van der Waals surface area contributed by atoms with Crippen LogP contribution in [0.1, 0.15) is 5.56 Å². The standard InChI is InChI=1S/C13H10O3/c1-16-13(15)12(14)10-6-5-9-11-7-3-2-4-8-11/h2-4,6-8,10H,1H3/b10-6+. The first kappa shape index (κ1) is 11.7. The molecular formula is C13H10O3. The molecule has 0 radical (unpaired) electrons. The van der Waals surface area contributed by atoms with Crippen LogP contribution in [-0.4, -0.2) is 18.9 Å². The molecule has 16 heavy (non-hydrogen) atoms. The van der Waals surface area contributed by atoms with Crippen LogP contribution in [0.2, 0.25) is 0 Å². The first-order valence-corrected chi connectivity index (χ1v) is 4.59. The molecule has 0 amide bonds. The van der Waals surface area contributed by atoms with E-state index in [0.717, 1.165) is 18.7 Å². The maximum atomic E-state index is 11.0. The van der Waals surface area contributed by atoms with Gasteiger partial charge in [-0.2, -0.15) is 0 Å². The number of hydrogen-bond acceptors (Lipinski definition) is 3. The van der Waals surface area contributed by atoms with Crippen LogP contribution in [-0.2, 0) is 14.3 Å². The number of carbonyl (C=O) groups excluding carboxylic acids is 2. The Morgan fingerprint density at radius 2 is 1.94 bits per heavy atom. The van der Waals surface area contributed by atoms with Crippen LogP contribution >= 0.6 is 0 Å². The van der Waals surface area contributed by atoms with E-state index in [1.165, 1.54) is 6.08 Å². The zero-order chi connectivity index (χ0) is 11.8. The van der Waals surface area contributed by atoms with Gasteiger partial charge in [0.05, 0.1) is 7.11 Å². The maximum absolute atomic E-state index is 11.0. The highest BCUT2D eigenvalue weighted by atomic mass is 16.5. The molecule has 3 nitrogen and oxygen atoms in total. The zero-order valence-electron chi connectivity index (χ0n) is 8.77. The van der Waals surface area contributed by atoms with Crippen molar-refractivity contribution >= 4 is 11.8 Å². The summed E-state index contributed by atoms with van der Waals surface area (Å²) >= 11 is 0. The lowest BCUT2D eigenvalue weighted by molar-refractivity contribution is -0.149. The van der Waals surface area contributed by atoms with Crippen LogP contribution in [0.5, 0.6) is 0 Å². The van der Waals surface area contributed by atoms with Crippen molar-refractivity contribution in [1.82, 2.24) is 0 Å². The van der Waals surface area contributed by atoms with Gasteiger partial charge < -0.3 is 4.74 Å². The number of esters is 1. The van der Waals surface area contributed by atoms with Gasteiger partial charge in [-0.3, -0.25) is 4.79 Å². The molecule has 0 spiro atoms. The average molecular weight is 214 g/mol. The number of benzene rings is 1. The minimum atomic E-state index is -0.891. The molecule has 0 aliphatic carbocycles. The fourth-order valence-corrected chi connectivity index (χ4v) is 0.932. The van der Waals surface area contributed by atoms with Gasteiger partial charge in [0.2, 0.25) is 0 Å². The fraction of sp³-hybridized carbons (Fsp3) is 0.0769. The molecule has 0 saturated heterocycles. The predicted octanol–water partition coefficient (Wildman–Crippen LogP) is 1.34. The fourth-order valence-electron chi connectivity index (χ4n) is 0.932. The van der Waals surface area contributed by atoms with Crippen molar-refractivity contribution in [1.29, 1.82) is 0 Å². The SMILES string of the molecule is COC(=O)C(=O)/C=C/C#Cc1ccccc1. The number of carbonyl (C=O) groups is 2. The van der Waals surface area contributed by atoms with E-state index >= 15 is 0 Å². The first-order valence-electron chi connectivity index (χ1n) is 4.59. The Kier molecular flexibility index (Phi) is 4.55. The van der Waals surface area contributed by atoms with E-state index in [-0.39, 0.29) is 0 Å². The van der Waals surface area contributed by atoms with E-state index in [1.807, 2.05) is 30.3 Å². The molecule has 0 aromatic heterocycles. The first-order chi connectivity index (χ1) is 7.74. The van der Waals surface area contributed by atoms with Crippen LogP contribution < -0.4 is 0 Å². The zero-order valence-corrected chi connectivity index (χ0v) is 8.77. The van der Waals surface area contributed by atoms with Crippen molar-refractivity contribution in [2.24, 2.45) is 0 Å². The molecule has 0 atom stereocenters. The highest BCUT2D eigenvalue weighted by Gasteiger charge is 2.07. The average Bonchev–Trinajstić information content (AvgIpc) is 2.34. The highest BCUT2D eigenvalue weighted by molar-refractivity contribution is 6.38. The van der Waals surface area contributed by atoms with Gasteiger partial charge in [-0.25, -0.2) is 4.79 Å². The number of allylic oxidation sites excluding steroid dienone is 1.